The highest BCUT2D eigenvalue weighted by Gasteiger charge is 2.34. The van der Waals surface area contributed by atoms with Gasteiger partial charge in [0, 0.05) is 38.8 Å². The van der Waals surface area contributed by atoms with Crippen LogP contribution in [0.5, 0.6) is 0 Å². The van der Waals surface area contributed by atoms with E-state index in [-0.39, 0.29) is 38.5 Å². The third kappa shape index (κ3) is 4.99. The van der Waals surface area contributed by atoms with E-state index in [0.717, 1.165) is 4.31 Å². The van der Waals surface area contributed by atoms with Crippen LogP contribution in [0, 0.1) is 12.7 Å². The summed E-state index contributed by atoms with van der Waals surface area (Å²) in [7, 11) is -4.59. The van der Waals surface area contributed by atoms with Crippen molar-refractivity contribution >= 4 is 21.7 Å². The van der Waals surface area contributed by atoms with Gasteiger partial charge in [0.05, 0.1) is 6.10 Å². The lowest BCUT2D eigenvalue weighted by Crippen LogP contribution is -2.50. The Kier molecular flexibility index (Phi) is 6.78. The van der Waals surface area contributed by atoms with Crippen LogP contribution in [0.4, 0.5) is 24.8 Å². The number of sulfonamides is 1. The van der Waals surface area contributed by atoms with Gasteiger partial charge in [0.25, 0.3) is 10.0 Å². The zero-order chi connectivity index (χ0) is 21.9. The van der Waals surface area contributed by atoms with Crippen molar-refractivity contribution in [1.29, 1.82) is 0 Å². The number of rotatable bonds is 7. The zero-order valence-corrected chi connectivity index (χ0v) is 17.0. The molecule has 164 valence electrons. The molecule has 0 aliphatic carbocycles. The molecule has 1 atom stereocenters. The van der Waals surface area contributed by atoms with Gasteiger partial charge in [-0.1, -0.05) is 6.07 Å². The van der Waals surface area contributed by atoms with Crippen molar-refractivity contribution in [3.8, 4) is 0 Å². The van der Waals surface area contributed by atoms with Crippen molar-refractivity contribution in [2.75, 3.05) is 42.9 Å². The minimum Gasteiger partial charge on any atom is -0.387 e. The van der Waals surface area contributed by atoms with Gasteiger partial charge in [-0.05, 0) is 30.2 Å². The molecule has 0 spiro atoms. The standard InChI is InChI=1S/C18H22F3N5O3S/c1-12-8-13(19)2-3-14(12)15(27)10-22-16-9-17(24-11-23-16)25-4-6-26(7-5-25)30(28,29)18(20)21/h2-3,8-9,11,15,18,27H,4-7,10H2,1H3,(H,22,23,24). The summed E-state index contributed by atoms with van der Waals surface area (Å²) >= 11 is 0. The van der Waals surface area contributed by atoms with E-state index in [1.54, 1.807) is 17.9 Å². The number of aromatic nitrogens is 2. The molecule has 8 nitrogen and oxygen atoms in total. The Bertz CT molecular complexity index is 985. The van der Waals surface area contributed by atoms with Crippen LogP contribution in [0.1, 0.15) is 17.2 Å². The van der Waals surface area contributed by atoms with E-state index in [9.17, 15) is 26.7 Å². The number of hydrogen-bond acceptors (Lipinski definition) is 7. The maximum atomic E-state index is 13.2. The molecule has 1 fully saturated rings. The quantitative estimate of drug-likeness (QED) is 0.670. The van der Waals surface area contributed by atoms with E-state index >= 15 is 0 Å². The summed E-state index contributed by atoms with van der Waals surface area (Å²) in [4.78, 5) is 10.0. The summed E-state index contributed by atoms with van der Waals surface area (Å²) in [5.41, 5.74) is 1.22. The van der Waals surface area contributed by atoms with Crippen LogP contribution in [-0.4, -0.2) is 66.3 Å². The monoisotopic (exact) mass is 445 g/mol. The van der Waals surface area contributed by atoms with Gasteiger partial charge in [-0.3, -0.25) is 0 Å². The number of anilines is 2. The highest BCUT2D eigenvalue weighted by molar-refractivity contribution is 7.89. The normalized spacial score (nSPS) is 16.7. The molecule has 1 aromatic carbocycles. The number of alkyl halides is 2. The number of hydrogen-bond donors (Lipinski definition) is 2. The maximum absolute atomic E-state index is 13.2. The fourth-order valence-corrected chi connectivity index (χ4v) is 4.12. The highest BCUT2D eigenvalue weighted by atomic mass is 32.2. The molecule has 30 heavy (non-hydrogen) atoms. The average Bonchev–Trinajstić information content (AvgIpc) is 2.72. The van der Waals surface area contributed by atoms with Crippen molar-refractivity contribution in [3.63, 3.8) is 0 Å². The van der Waals surface area contributed by atoms with Crippen molar-refractivity contribution in [1.82, 2.24) is 14.3 Å². The second-order valence-corrected chi connectivity index (χ2v) is 8.75. The Balaban J connectivity index is 1.60. The second-order valence-electron chi connectivity index (χ2n) is 6.85. The SMILES string of the molecule is Cc1cc(F)ccc1C(O)CNc1cc(N2CCN(S(=O)(=O)C(F)F)CC2)ncn1. The van der Waals surface area contributed by atoms with Crippen LogP contribution in [0.2, 0.25) is 0 Å². The number of aliphatic hydroxyl groups excluding tert-OH is 1. The first kappa shape index (κ1) is 22.2. The van der Waals surface area contributed by atoms with E-state index in [1.807, 2.05) is 0 Å². The largest absolute Gasteiger partial charge is 0.387 e. The lowest BCUT2D eigenvalue weighted by molar-refractivity contribution is 0.190. The zero-order valence-electron chi connectivity index (χ0n) is 16.2. The summed E-state index contributed by atoms with van der Waals surface area (Å²) in [6, 6.07) is 5.77. The molecule has 0 bridgehead atoms. The Morgan fingerprint density at radius 2 is 1.87 bits per heavy atom. The lowest BCUT2D eigenvalue weighted by atomic mass is 10.0. The molecule has 0 amide bonds. The number of nitrogens with one attached hydrogen (secondary N) is 1. The molecule has 3 rings (SSSR count). The van der Waals surface area contributed by atoms with Crippen LogP contribution in [0.15, 0.2) is 30.6 Å². The van der Waals surface area contributed by atoms with Gasteiger partial charge >= 0.3 is 5.76 Å². The molecular formula is C18H22F3N5O3S. The Labute approximate surface area is 172 Å². The van der Waals surface area contributed by atoms with Crippen LogP contribution >= 0.6 is 0 Å². The number of nitrogens with zero attached hydrogens (tertiary/aromatic N) is 4. The molecule has 1 aromatic heterocycles. The summed E-state index contributed by atoms with van der Waals surface area (Å²) in [6.07, 6.45) is 0.433. The molecule has 1 aliphatic heterocycles. The number of piperazine rings is 1. The summed E-state index contributed by atoms with van der Waals surface area (Å²) < 4.78 is 62.5. The number of halogens is 3. The van der Waals surface area contributed by atoms with E-state index in [4.69, 9.17) is 0 Å². The molecule has 1 saturated heterocycles. The molecule has 1 aliphatic rings. The van der Waals surface area contributed by atoms with E-state index in [2.05, 4.69) is 15.3 Å². The topological polar surface area (TPSA) is 98.7 Å². The van der Waals surface area contributed by atoms with Gasteiger partial charge in [0.2, 0.25) is 0 Å². The first-order chi connectivity index (χ1) is 14.2. The molecule has 0 radical (unpaired) electrons. The van der Waals surface area contributed by atoms with E-state index in [0.29, 0.717) is 22.8 Å². The van der Waals surface area contributed by atoms with Gasteiger partial charge in [0.1, 0.15) is 23.8 Å². The second kappa shape index (κ2) is 9.14. The Morgan fingerprint density at radius 3 is 2.50 bits per heavy atom. The van der Waals surface area contributed by atoms with Crippen molar-refractivity contribution in [2.45, 2.75) is 18.8 Å². The molecule has 0 saturated carbocycles. The Morgan fingerprint density at radius 1 is 1.17 bits per heavy atom. The summed E-state index contributed by atoms with van der Waals surface area (Å²) in [5, 5.41) is 13.3. The van der Waals surface area contributed by atoms with E-state index < -0.39 is 21.9 Å². The molecule has 1 unspecified atom stereocenters. The molecule has 2 N–H and O–H groups in total. The van der Waals surface area contributed by atoms with Crippen molar-refractivity contribution < 1.29 is 26.7 Å². The van der Waals surface area contributed by atoms with Crippen LogP contribution < -0.4 is 10.2 Å². The number of aliphatic hydroxyl groups is 1. The summed E-state index contributed by atoms with van der Waals surface area (Å²) in [5.74, 6) is -2.87. The van der Waals surface area contributed by atoms with Crippen LogP contribution in [0.25, 0.3) is 0 Å². The van der Waals surface area contributed by atoms with Crippen molar-refractivity contribution in [2.24, 2.45) is 0 Å². The fraction of sp³-hybridized carbons (Fsp3) is 0.444. The van der Waals surface area contributed by atoms with Crippen molar-refractivity contribution in [3.05, 3.63) is 47.5 Å². The fourth-order valence-electron chi connectivity index (χ4n) is 3.23. The molecular weight excluding hydrogens is 423 g/mol. The van der Waals surface area contributed by atoms with Gasteiger partial charge < -0.3 is 15.3 Å². The smallest absolute Gasteiger partial charge is 0.350 e. The third-order valence-corrected chi connectivity index (χ3v) is 6.40. The molecule has 2 aromatic rings. The average molecular weight is 445 g/mol. The summed E-state index contributed by atoms with van der Waals surface area (Å²) in [6.45, 7) is 2.12. The lowest BCUT2D eigenvalue weighted by Gasteiger charge is -2.34. The highest BCUT2D eigenvalue weighted by Crippen LogP contribution is 2.22. The number of aryl methyl sites for hydroxylation is 1. The van der Waals surface area contributed by atoms with Gasteiger partial charge in [0.15, 0.2) is 0 Å². The number of benzene rings is 1. The first-order valence-electron chi connectivity index (χ1n) is 9.20. The molecule has 2 heterocycles. The first-order valence-corrected chi connectivity index (χ1v) is 10.7. The Hall–Kier alpha value is -2.44. The minimum atomic E-state index is -4.59. The maximum Gasteiger partial charge on any atom is 0.350 e. The molecule has 12 heteroatoms. The van der Waals surface area contributed by atoms with Gasteiger partial charge in [-0.25, -0.2) is 22.8 Å². The third-order valence-electron chi connectivity index (χ3n) is 4.87. The minimum absolute atomic E-state index is 0.0675. The van der Waals surface area contributed by atoms with Gasteiger partial charge in [-0.15, -0.1) is 0 Å². The van der Waals surface area contributed by atoms with E-state index in [1.165, 1.54) is 24.5 Å². The van der Waals surface area contributed by atoms with Gasteiger partial charge in [-0.2, -0.15) is 13.1 Å². The predicted molar refractivity (Wildman–Crippen MR) is 105 cm³/mol. The van der Waals surface area contributed by atoms with Crippen LogP contribution in [-0.2, 0) is 10.0 Å². The van der Waals surface area contributed by atoms with Crippen LogP contribution in [0.3, 0.4) is 0 Å². The predicted octanol–water partition coefficient (Wildman–Crippen LogP) is 1.74.